The largest absolute Gasteiger partial charge is 2.00 e. The minimum Gasteiger partial charge on any atom is -0.580 e. The van der Waals surface area contributed by atoms with Crippen molar-refractivity contribution in [1.29, 1.82) is 0 Å². The van der Waals surface area contributed by atoms with Gasteiger partial charge in [0.1, 0.15) is 0 Å². The summed E-state index contributed by atoms with van der Waals surface area (Å²) < 4.78 is 19.2. The average Bonchev–Trinajstić information content (AvgIpc) is 2.96. The molecule has 47 heavy (non-hydrogen) atoms. The maximum absolute atomic E-state index is 5.54. The van der Waals surface area contributed by atoms with E-state index in [0.29, 0.717) is 0 Å². The summed E-state index contributed by atoms with van der Waals surface area (Å²) >= 11 is 0. The molecule has 0 aromatic heterocycles. The van der Waals surface area contributed by atoms with E-state index < -0.39 is 47.4 Å². The van der Waals surface area contributed by atoms with Gasteiger partial charge in [0.2, 0.25) is 0 Å². The first-order chi connectivity index (χ1) is 21.2. The number of hydrogen-bond donors (Lipinski definition) is 2. The van der Waals surface area contributed by atoms with Crippen LogP contribution in [0, 0.1) is 0 Å². The Morgan fingerprint density at radius 2 is 0.553 bits per heavy atom. The summed E-state index contributed by atoms with van der Waals surface area (Å²) in [5.41, 5.74) is 0. The summed E-state index contributed by atoms with van der Waals surface area (Å²) in [6, 6.07) is 43.4. The maximum atomic E-state index is 5.54. The van der Waals surface area contributed by atoms with Gasteiger partial charge in [-0.25, -0.2) is 0 Å². The minimum atomic E-state index is -1.95. The van der Waals surface area contributed by atoms with Gasteiger partial charge < -0.3 is 18.3 Å². The monoisotopic (exact) mass is 744 g/mol. The Balaban J connectivity index is 0.000000320. The van der Waals surface area contributed by atoms with Crippen LogP contribution < -0.4 is 30.0 Å². The third-order valence-electron chi connectivity index (χ3n) is 6.41. The van der Waals surface area contributed by atoms with Crippen LogP contribution in [0.4, 0.5) is 0 Å². The van der Waals surface area contributed by atoms with E-state index in [0.717, 1.165) is 0 Å². The van der Waals surface area contributed by atoms with Crippen LogP contribution in [-0.2, 0) is 0 Å². The van der Waals surface area contributed by atoms with E-state index in [-0.39, 0.29) is 23.1 Å². The fourth-order valence-electron chi connectivity index (χ4n) is 5.28. The Morgan fingerprint density at radius 1 is 0.362 bits per heavy atom. The van der Waals surface area contributed by atoms with Crippen LogP contribution in [0.3, 0.4) is 0 Å². The summed E-state index contributed by atoms with van der Waals surface area (Å²) in [7, 11) is -10.2. The van der Waals surface area contributed by atoms with E-state index in [2.05, 4.69) is 209 Å². The van der Waals surface area contributed by atoms with Gasteiger partial charge in [-0.05, 0) is 39.3 Å². The zero-order chi connectivity index (χ0) is 34.3. The third-order valence-corrected chi connectivity index (χ3v) is 25.8. The quantitative estimate of drug-likeness (QED) is 0.126. The normalized spacial score (nSPS) is 12.7. The second kappa shape index (κ2) is 17.2. The Kier molecular flexibility index (Phi) is 15.4. The predicted octanol–water partition coefficient (Wildman–Crippen LogP) is 7.37. The number of rotatable bonds is 10. The van der Waals surface area contributed by atoms with Gasteiger partial charge in [-0.15, -0.1) is 0 Å². The number of benzene rings is 4. The van der Waals surface area contributed by atoms with Gasteiger partial charge >= 0.3 is 39.5 Å². The van der Waals surface area contributed by atoms with Crippen molar-refractivity contribution in [2.24, 2.45) is 0 Å². The number of nitrogens with one attached hydrogen (secondary N) is 2. The molecule has 0 heterocycles. The molecule has 0 amide bonds. The molecule has 0 atom stereocenters. The molecule has 0 spiro atoms. The number of nitrogens with zero attached hydrogens (tertiary/aromatic N) is 2. The molecular formula is C36H58MgN4P2Si4+2. The van der Waals surface area contributed by atoms with Crippen molar-refractivity contribution in [2.75, 3.05) is 0 Å². The molecular weight excluding hydrogens is 687 g/mol. The maximum Gasteiger partial charge on any atom is 2.00 e. The van der Waals surface area contributed by atoms with Crippen LogP contribution in [0.2, 0.25) is 78.6 Å². The van der Waals surface area contributed by atoms with Crippen molar-refractivity contribution in [3.05, 3.63) is 131 Å². The van der Waals surface area contributed by atoms with Gasteiger partial charge in [-0.2, -0.15) is 0 Å². The molecule has 0 radical (unpaired) electrons. The van der Waals surface area contributed by atoms with Crippen molar-refractivity contribution >= 4 is 91.6 Å². The zero-order valence-corrected chi connectivity index (χ0v) is 38.2. The second-order valence-electron chi connectivity index (χ2n) is 15.9. The molecule has 0 unspecified atom stereocenters. The first kappa shape index (κ1) is 42.1. The molecule has 0 aliphatic heterocycles. The molecule has 4 aromatic carbocycles. The molecule has 2 N–H and O–H groups in total. The van der Waals surface area contributed by atoms with E-state index in [1.807, 2.05) is 0 Å². The Morgan fingerprint density at radius 3 is 0.702 bits per heavy atom. The molecule has 11 heteroatoms. The van der Waals surface area contributed by atoms with Crippen LogP contribution in [0.5, 0.6) is 0 Å². The molecule has 0 aliphatic rings. The summed E-state index contributed by atoms with van der Waals surface area (Å²) in [6.07, 6.45) is 0. The summed E-state index contributed by atoms with van der Waals surface area (Å²) in [5, 5.41) is 5.37. The van der Waals surface area contributed by atoms with E-state index in [4.69, 9.17) is 9.51 Å². The molecule has 4 aromatic rings. The van der Waals surface area contributed by atoms with Crippen molar-refractivity contribution < 1.29 is 8.82 Å². The minimum absolute atomic E-state index is 0. The average molecular weight is 745 g/mol. The van der Waals surface area contributed by atoms with Gasteiger partial charge in [-0.3, -0.25) is 0 Å². The Bertz CT molecular complexity index is 1420. The van der Waals surface area contributed by atoms with E-state index in [9.17, 15) is 0 Å². The Hall–Kier alpha value is -1.11. The summed E-state index contributed by atoms with van der Waals surface area (Å²) in [5.74, 6) is 0. The molecule has 0 bridgehead atoms. The molecule has 0 saturated carbocycles. The SMILES string of the molecule is C[Si](C)(C)[N-]P(=[NH+][Si](C)(C)C)(c1ccccc1)c1ccccc1.C[Si](C)(C)[N-]P(=[NH+][Si](C)(C)C)(c1ccccc1)c1ccccc1.[Mg+2]. The summed E-state index contributed by atoms with van der Waals surface area (Å²) in [6.45, 7) is 28.2. The van der Waals surface area contributed by atoms with Crippen molar-refractivity contribution in [3.8, 4) is 0 Å². The molecule has 0 fully saturated rings. The first-order valence-electron chi connectivity index (χ1n) is 16.3. The zero-order valence-electron chi connectivity index (χ0n) is 31.0. The second-order valence-corrected chi connectivity index (χ2v) is 41.6. The smallest absolute Gasteiger partial charge is 0.580 e. The van der Waals surface area contributed by atoms with Crippen LogP contribution in [0.25, 0.3) is 9.51 Å². The molecule has 4 nitrogen and oxygen atoms in total. The fourth-order valence-corrected chi connectivity index (χ4v) is 28.5. The standard InChI is InChI=1S/2C18H28N2PSi2.Mg/c2*1-22(2,3)19-21(20-23(4,5)6,17-13-9-7-10-14-17)18-15-11-8-12-16-18;/h2*7-16H,1-6H3;/q2*-1;+2/p+2. The van der Waals surface area contributed by atoms with Crippen LogP contribution >= 0.6 is 14.4 Å². The number of hydrogen-bond acceptors (Lipinski definition) is 0. The third kappa shape index (κ3) is 13.3. The fraction of sp³-hybridized carbons (Fsp3) is 0.333. The van der Waals surface area contributed by atoms with Gasteiger partial charge in [-0.1, -0.05) is 177 Å². The predicted molar refractivity (Wildman–Crippen MR) is 226 cm³/mol. The molecule has 0 aliphatic carbocycles. The van der Waals surface area contributed by atoms with Gasteiger partial charge in [0.05, 0.1) is 0 Å². The Labute approximate surface area is 307 Å². The molecule has 0 saturated heterocycles. The molecule has 248 valence electrons. The van der Waals surface area contributed by atoms with E-state index >= 15 is 0 Å². The van der Waals surface area contributed by atoms with Crippen molar-refractivity contribution in [2.45, 2.75) is 78.6 Å². The molecule has 4 rings (SSSR count). The van der Waals surface area contributed by atoms with Gasteiger partial charge in [0.25, 0.3) is 0 Å². The van der Waals surface area contributed by atoms with Crippen LogP contribution in [0.15, 0.2) is 121 Å². The van der Waals surface area contributed by atoms with E-state index in [1.165, 1.54) is 21.2 Å². The van der Waals surface area contributed by atoms with Crippen molar-refractivity contribution in [3.63, 3.8) is 0 Å². The van der Waals surface area contributed by atoms with E-state index in [1.54, 1.807) is 0 Å². The topological polar surface area (TPSA) is 56.1 Å². The van der Waals surface area contributed by atoms with Crippen molar-refractivity contribution in [1.82, 2.24) is 0 Å². The van der Waals surface area contributed by atoms with Gasteiger partial charge in [0, 0.05) is 35.6 Å². The first-order valence-corrected chi connectivity index (χ1v) is 33.7. The van der Waals surface area contributed by atoms with Crippen LogP contribution in [0.1, 0.15) is 0 Å². The summed E-state index contributed by atoms with van der Waals surface area (Å²) in [4.78, 5) is 0. The van der Waals surface area contributed by atoms with Gasteiger partial charge in [0.15, 0.2) is 0 Å². The van der Waals surface area contributed by atoms with Crippen LogP contribution in [-0.4, -0.2) is 56.0 Å².